The van der Waals surface area contributed by atoms with Crippen molar-refractivity contribution in [3.05, 3.63) is 41.0 Å². The zero-order valence-electron chi connectivity index (χ0n) is 14.8. The molecule has 1 fully saturated rings. The highest BCUT2D eigenvalue weighted by Crippen LogP contribution is 2.45. The van der Waals surface area contributed by atoms with Gasteiger partial charge in [-0.05, 0) is 37.5 Å². The van der Waals surface area contributed by atoms with Crippen molar-refractivity contribution >= 4 is 0 Å². The van der Waals surface area contributed by atoms with E-state index in [0.717, 1.165) is 30.8 Å². The van der Waals surface area contributed by atoms with Crippen molar-refractivity contribution < 1.29 is 14.6 Å². The molecule has 0 aliphatic carbocycles. The Morgan fingerprint density at radius 2 is 1.92 bits per heavy atom. The summed E-state index contributed by atoms with van der Waals surface area (Å²) in [4.78, 5) is 11.6. The van der Waals surface area contributed by atoms with Crippen molar-refractivity contribution in [2.24, 2.45) is 0 Å². The zero-order valence-corrected chi connectivity index (χ0v) is 14.8. The third-order valence-electron chi connectivity index (χ3n) is 5.36. The van der Waals surface area contributed by atoms with Crippen LogP contribution in [0.25, 0.3) is 0 Å². The minimum Gasteiger partial charge on any atom is -0.502 e. The Kier molecular flexibility index (Phi) is 4.00. The van der Waals surface area contributed by atoms with Gasteiger partial charge in [0.05, 0.1) is 19.9 Å². The fraction of sp³-hybridized carbons (Fsp3) is 0.474. The molecule has 1 aromatic heterocycles. The van der Waals surface area contributed by atoms with Gasteiger partial charge >= 0.3 is 0 Å². The highest BCUT2D eigenvalue weighted by Gasteiger charge is 2.40. The van der Waals surface area contributed by atoms with Crippen LogP contribution in [0.15, 0.2) is 18.3 Å². The second-order valence-corrected chi connectivity index (χ2v) is 6.79. The lowest BCUT2D eigenvalue weighted by Crippen LogP contribution is -2.37. The Bertz CT molecular complexity index is 783. The first-order valence-electron chi connectivity index (χ1n) is 8.62. The van der Waals surface area contributed by atoms with E-state index in [0.29, 0.717) is 23.6 Å². The van der Waals surface area contributed by atoms with Gasteiger partial charge in [-0.15, -0.1) is 0 Å². The Morgan fingerprint density at radius 3 is 2.60 bits per heavy atom. The molecule has 2 bridgehead atoms. The molecule has 4 rings (SSSR count). The number of hydrogen-bond acceptors (Lipinski definition) is 6. The predicted octanol–water partition coefficient (Wildman–Crippen LogP) is 2.77. The molecule has 1 N–H and O–H groups in total. The van der Waals surface area contributed by atoms with Crippen LogP contribution < -0.4 is 9.47 Å². The average molecular weight is 341 g/mol. The summed E-state index contributed by atoms with van der Waals surface area (Å²) >= 11 is 0. The Morgan fingerprint density at radius 1 is 1.20 bits per heavy atom. The molecule has 0 radical (unpaired) electrons. The molecule has 0 amide bonds. The number of ether oxygens (including phenoxy) is 2. The third kappa shape index (κ3) is 2.70. The summed E-state index contributed by atoms with van der Waals surface area (Å²) in [7, 11) is 3.11. The SMILES string of the molecule is COc1cc(CN2[C@H]3CC[C@@H]2c2cnc(C)nc2C3)cc(OC)c1O. The maximum absolute atomic E-state index is 10.1. The number of phenols is 1. The van der Waals surface area contributed by atoms with Crippen LogP contribution in [0.2, 0.25) is 0 Å². The molecule has 1 aromatic carbocycles. The summed E-state index contributed by atoms with van der Waals surface area (Å²) < 4.78 is 10.6. The van der Waals surface area contributed by atoms with Crippen LogP contribution in [0.3, 0.4) is 0 Å². The first-order valence-corrected chi connectivity index (χ1v) is 8.62. The van der Waals surface area contributed by atoms with Crippen LogP contribution in [0, 0.1) is 6.92 Å². The number of benzene rings is 1. The molecular weight excluding hydrogens is 318 g/mol. The largest absolute Gasteiger partial charge is 0.502 e. The molecule has 2 aliphatic rings. The first-order chi connectivity index (χ1) is 12.1. The number of methoxy groups -OCH3 is 2. The van der Waals surface area contributed by atoms with Crippen molar-refractivity contribution in [1.82, 2.24) is 14.9 Å². The number of nitrogens with zero attached hydrogens (tertiary/aromatic N) is 3. The second kappa shape index (κ2) is 6.19. The van der Waals surface area contributed by atoms with Gasteiger partial charge in [0.1, 0.15) is 5.82 Å². The average Bonchev–Trinajstić information content (AvgIpc) is 2.88. The summed E-state index contributed by atoms with van der Waals surface area (Å²) in [5, 5.41) is 10.1. The summed E-state index contributed by atoms with van der Waals surface area (Å²) in [5.41, 5.74) is 3.54. The van der Waals surface area contributed by atoms with Crippen molar-refractivity contribution in [1.29, 1.82) is 0 Å². The standard InChI is InChI=1S/C19H23N3O3/c1-11-20-9-14-15(21-11)8-13-4-5-16(14)22(13)10-12-6-17(24-2)19(23)18(7-12)25-3/h6-7,9,13,16,23H,4-5,8,10H2,1-3H3/t13-,16+/m0/s1. The van der Waals surface area contributed by atoms with E-state index in [1.54, 1.807) is 14.2 Å². The number of aromatic nitrogens is 2. The highest BCUT2D eigenvalue weighted by atomic mass is 16.5. The third-order valence-corrected chi connectivity index (χ3v) is 5.36. The van der Waals surface area contributed by atoms with Crippen LogP contribution in [0.5, 0.6) is 17.2 Å². The number of aromatic hydroxyl groups is 1. The minimum absolute atomic E-state index is 0.0459. The normalized spacial score (nSPS) is 21.9. The van der Waals surface area contributed by atoms with E-state index in [2.05, 4.69) is 14.9 Å². The molecule has 25 heavy (non-hydrogen) atoms. The molecule has 3 heterocycles. The van der Waals surface area contributed by atoms with Gasteiger partial charge in [-0.25, -0.2) is 9.97 Å². The molecule has 0 spiro atoms. The van der Waals surface area contributed by atoms with Gasteiger partial charge in [0.2, 0.25) is 5.75 Å². The maximum Gasteiger partial charge on any atom is 0.200 e. The summed E-state index contributed by atoms with van der Waals surface area (Å²) in [6, 6.07) is 4.63. The maximum atomic E-state index is 10.1. The van der Waals surface area contributed by atoms with Gasteiger partial charge in [-0.3, -0.25) is 4.90 Å². The summed E-state index contributed by atoms with van der Waals surface area (Å²) in [5.74, 6) is 1.78. The van der Waals surface area contributed by atoms with Crippen molar-refractivity contribution in [2.75, 3.05) is 14.2 Å². The number of aryl methyl sites for hydroxylation is 1. The quantitative estimate of drug-likeness (QED) is 0.922. The smallest absolute Gasteiger partial charge is 0.200 e. The molecule has 6 nitrogen and oxygen atoms in total. The van der Waals surface area contributed by atoms with Crippen molar-refractivity contribution in [2.45, 2.75) is 44.8 Å². The lowest BCUT2D eigenvalue weighted by atomic mass is 9.98. The molecule has 2 aromatic rings. The summed E-state index contributed by atoms with van der Waals surface area (Å²) in [6.45, 7) is 2.74. The van der Waals surface area contributed by atoms with Crippen molar-refractivity contribution in [3.8, 4) is 17.2 Å². The predicted molar refractivity (Wildman–Crippen MR) is 93.0 cm³/mol. The Hall–Kier alpha value is -2.34. The van der Waals surface area contributed by atoms with E-state index in [9.17, 15) is 5.11 Å². The number of rotatable bonds is 4. The van der Waals surface area contributed by atoms with Crippen LogP contribution in [-0.2, 0) is 13.0 Å². The zero-order chi connectivity index (χ0) is 17.6. The molecule has 2 aliphatic heterocycles. The van der Waals surface area contributed by atoms with E-state index in [-0.39, 0.29) is 5.75 Å². The van der Waals surface area contributed by atoms with E-state index >= 15 is 0 Å². The fourth-order valence-electron chi connectivity index (χ4n) is 4.17. The number of hydrogen-bond donors (Lipinski definition) is 1. The molecule has 0 saturated carbocycles. The van der Waals surface area contributed by atoms with Gasteiger partial charge in [-0.2, -0.15) is 0 Å². The number of fused-ring (bicyclic) bond motifs is 4. The van der Waals surface area contributed by atoms with E-state index in [4.69, 9.17) is 9.47 Å². The van der Waals surface area contributed by atoms with Gasteiger partial charge in [0.25, 0.3) is 0 Å². The number of phenolic OH excluding ortho intramolecular Hbond substituents is 1. The lowest BCUT2D eigenvalue weighted by molar-refractivity contribution is 0.165. The first kappa shape index (κ1) is 16.1. The van der Waals surface area contributed by atoms with Gasteiger partial charge < -0.3 is 14.6 Å². The minimum atomic E-state index is 0.0459. The molecule has 2 atom stereocenters. The topological polar surface area (TPSA) is 67.7 Å². The van der Waals surface area contributed by atoms with Crippen molar-refractivity contribution in [3.63, 3.8) is 0 Å². The molecule has 6 heteroatoms. The monoisotopic (exact) mass is 341 g/mol. The molecule has 1 saturated heterocycles. The molecule has 0 unspecified atom stereocenters. The lowest BCUT2D eigenvalue weighted by Gasteiger charge is -2.35. The second-order valence-electron chi connectivity index (χ2n) is 6.79. The fourth-order valence-corrected chi connectivity index (χ4v) is 4.17. The molecule has 132 valence electrons. The van der Waals surface area contributed by atoms with E-state index in [1.807, 2.05) is 25.3 Å². The highest BCUT2D eigenvalue weighted by molar-refractivity contribution is 5.52. The van der Waals surface area contributed by atoms with E-state index < -0.39 is 0 Å². The van der Waals surface area contributed by atoms with Gasteiger partial charge in [-0.1, -0.05) is 0 Å². The Labute approximate surface area is 147 Å². The van der Waals surface area contributed by atoms with Crippen LogP contribution >= 0.6 is 0 Å². The van der Waals surface area contributed by atoms with E-state index in [1.165, 1.54) is 17.7 Å². The Balaban J connectivity index is 1.65. The van der Waals surface area contributed by atoms with Crippen LogP contribution in [0.4, 0.5) is 0 Å². The van der Waals surface area contributed by atoms with Gasteiger partial charge in [0, 0.05) is 36.8 Å². The molecular formula is C19H23N3O3. The summed E-state index contributed by atoms with van der Waals surface area (Å²) in [6.07, 6.45) is 5.28. The van der Waals surface area contributed by atoms with Gasteiger partial charge in [0.15, 0.2) is 11.5 Å². The van der Waals surface area contributed by atoms with Crippen LogP contribution in [-0.4, -0.2) is 40.2 Å². The van der Waals surface area contributed by atoms with Crippen LogP contribution in [0.1, 0.15) is 41.5 Å².